The van der Waals surface area contributed by atoms with Crippen LogP contribution in [0.25, 0.3) is 10.8 Å². The Morgan fingerprint density at radius 1 is 0.897 bits per heavy atom. The summed E-state index contributed by atoms with van der Waals surface area (Å²) in [6.07, 6.45) is 6.87. The van der Waals surface area contributed by atoms with Crippen LogP contribution in [0, 0.1) is 0 Å². The van der Waals surface area contributed by atoms with E-state index < -0.39 is 12.1 Å². The van der Waals surface area contributed by atoms with Gasteiger partial charge in [-0.3, -0.25) is 4.79 Å². The molecular formula is C24H31N2O3+. The topological polar surface area (TPSA) is 66.4 Å². The average molecular weight is 396 g/mol. The number of nitrogens with zero attached hydrogens (tertiary/aromatic N) is 1. The summed E-state index contributed by atoms with van der Waals surface area (Å²) in [4.78, 5) is 26.5. The fourth-order valence-electron chi connectivity index (χ4n) is 4.96. The van der Waals surface area contributed by atoms with E-state index in [1.54, 1.807) is 0 Å². The van der Waals surface area contributed by atoms with Crippen molar-refractivity contribution in [2.24, 2.45) is 0 Å². The molecule has 1 saturated heterocycles. The monoisotopic (exact) mass is 395 g/mol. The minimum absolute atomic E-state index is 0.109. The molecule has 2 fully saturated rings. The molecule has 2 aromatic rings. The Bertz CT molecular complexity index is 881. The number of quaternary nitrogens is 1. The van der Waals surface area contributed by atoms with Gasteiger partial charge in [0.25, 0.3) is 6.23 Å². The highest BCUT2D eigenvalue weighted by atomic mass is 16.3. The Morgan fingerprint density at radius 2 is 1.55 bits per heavy atom. The van der Waals surface area contributed by atoms with Crippen LogP contribution in [-0.4, -0.2) is 46.8 Å². The first-order chi connectivity index (χ1) is 14.1. The quantitative estimate of drug-likeness (QED) is 0.612. The molecule has 1 saturated carbocycles. The normalized spacial score (nSPS) is 20.9. The molecule has 1 atom stereocenters. The second kappa shape index (κ2) is 8.64. The predicted molar refractivity (Wildman–Crippen MR) is 113 cm³/mol. The summed E-state index contributed by atoms with van der Waals surface area (Å²) < 4.78 is -0.184. The lowest BCUT2D eigenvalue weighted by molar-refractivity contribution is -0.875. The average Bonchev–Trinajstić information content (AvgIpc) is 3.12. The Balaban J connectivity index is 1.56. The molecule has 2 aromatic carbocycles. The number of aliphatic hydroxyl groups is 1. The maximum Gasteiger partial charge on any atom is 0.348 e. The fourth-order valence-corrected chi connectivity index (χ4v) is 4.96. The maximum absolute atomic E-state index is 13.5. The van der Waals surface area contributed by atoms with Crippen molar-refractivity contribution in [3.05, 3.63) is 48.0 Å². The van der Waals surface area contributed by atoms with Crippen molar-refractivity contribution in [2.75, 3.05) is 13.1 Å². The number of fused-ring (bicyclic) bond motifs is 1. The highest BCUT2D eigenvalue weighted by Gasteiger charge is 2.50. The van der Waals surface area contributed by atoms with Gasteiger partial charge >= 0.3 is 11.8 Å². The first-order valence-electron chi connectivity index (χ1n) is 11.0. The minimum atomic E-state index is -1.35. The lowest BCUT2D eigenvalue weighted by atomic mass is 10.0. The van der Waals surface area contributed by atoms with Crippen molar-refractivity contribution in [1.82, 2.24) is 5.32 Å². The van der Waals surface area contributed by atoms with Crippen LogP contribution in [0.5, 0.6) is 0 Å². The Kier molecular flexibility index (Phi) is 5.97. The number of hydrogen-bond acceptors (Lipinski definition) is 3. The van der Waals surface area contributed by atoms with Crippen LogP contribution in [-0.2, 0) is 4.79 Å². The number of aliphatic hydroxyl groups excluding tert-OH is 1. The van der Waals surface area contributed by atoms with Gasteiger partial charge in [-0.15, -0.1) is 0 Å². The largest absolute Gasteiger partial charge is 0.348 e. The molecule has 5 nitrogen and oxygen atoms in total. The van der Waals surface area contributed by atoms with E-state index in [2.05, 4.69) is 5.32 Å². The summed E-state index contributed by atoms with van der Waals surface area (Å²) in [5.41, 5.74) is 0.562. The van der Waals surface area contributed by atoms with E-state index in [-0.39, 0.29) is 16.4 Å². The molecule has 29 heavy (non-hydrogen) atoms. The number of amides is 2. The van der Waals surface area contributed by atoms with Crippen LogP contribution in [0.15, 0.2) is 42.5 Å². The van der Waals surface area contributed by atoms with Gasteiger partial charge in [0, 0.05) is 18.9 Å². The van der Waals surface area contributed by atoms with Crippen LogP contribution < -0.4 is 5.32 Å². The van der Waals surface area contributed by atoms with Gasteiger partial charge in [-0.1, -0.05) is 56.0 Å². The van der Waals surface area contributed by atoms with Crippen LogP contribution in [0.3, 0.4) is 0 Å². The molecule has 1 unspecified atom stereocenters. The van der Waals surface area contributed by atoms with E-state index in [0.717, 1.165) is 49.3 Å². The van der Waals surface area contributed by atoms with Crippen molar-refractivity contribution in [1.29, 1.82) is 0 Å². The van der Waals surface area contributed by atoms with Crippen LogP contribution >= 0.6 is 0 Å². The molecule has 5 heteroatoms. The van der Waals surface area contributed by atoms with Crippen molar-refractivity contribution < 1.29 is 19.2 Å². The van der Waals surface area contributed by atoms with E-state index in [0.29, 0.717) is 18.7 Å². The van der Waals surface area contributed by atoms with Crippen LogP contribution in [0.2, 0.25) is 0 Å². The number of hydrogen-bond donors (Lipinski definition) is 2. The number of benzene rings is 2. The Labute approximate surface area is 172 Å². The highest BCUT2D eigenvalue weighted by molar-refractivity contribution is 5.96. The number of carbonyl (C=O) groups is 2. The van der Waals surface area contributed by atoms with E-state index in [4.69, 9.17) is 0 Å². The molecular weight excluding hydrogens is 364 g/mol. The highest BCUT2D eigenvalue weighted by Crippen LogP contribution is 2.28. The maximum atomic E-state index is 13.5. The SMILES string of the molecule is O=C(NC1CCCCCC1)C(O)[N+]1(C(=O)c2ccc3ccccc3c2)CCCC1. The van der Waals surface area contributed by atoms with E-state index in [1.165, 1.54) is 12.8 Å². The molecule has 2 amide bonds. The number of rotatable bonds is 4. The Morgan fingerprint density at radius 3 is 2.24 bits per heavy atom. The molecule has 2 N–H and O–H groups in total. The zero-order valence-corrected chi connectivity index (χ0v) is 17.0. The minimum Gasteiger partial charge on any atom is -0.346 e. The third-order valence-corrected chi connectivity index (χ3v) is 6.67. The second-order valence-electron chi connectivity index (χ2n) is 8.63. The van der Waals surface area contributed by atoms with E-state index in [9.17, 15) is 14.7 Å². The summed E-state index contributed by atoms with van der Waals surface area (Å²) in [7, 11) is 0. The van der Waals surface area contributed by atoms with Gasteiger partial charge in [-0.25, -0.2) is 9.28 Å². The predicted octanol–water partition coefficient (Wildman–Crippen LogP) is 3.75. The molecule has 0 spiro atoms. The number of nitrogens with one attached hydrogen (secondary N) is 1. The Hall–Kier alpha value is -2.24. The summed E-state index contributed by atoms with van der Waals surface area (Å²) in [5.74, 6) is -0.551. The van der Waals surface area contributed by atoms with Crippen LogP contribution in [0.1, 0.15) is 61.7 Å². The smallest absolute Gasteiger partial charge is 0.346 e. The molecule has 4 rings (SSSR count). The summed E-state index contributed by atoms with van der Waals surface area (Å²) in [6.45, 7) is 1.01. The molecule has 2 aliphatic rings. The number of likely N-dealkylation sites (tertiary alicyclic amines) is 1. The van der Waals surface area contributed by atoms with Gasteiger partial charge in [-0.05, 0) is 35.7 Å². The van der Waals surface area contributed by atoms with E-state index in [1.807, 2.05) is 42.5 Å². The van der Waals surface area contributed by atoms with Gasteiger partial charge in [0.15, 0.2) is 0 Å². The third kappa shape index (κ3) is 4.07. The van der Waals surface area contributed by atoms with E-state index >= 15 is 0 Å². The summed E-state index contributed by atoms with van der Waals surface area (Å²) in [6, 6.07) is 13.7. The van der Waals surface area contributed by atoms with Gasteiger partial charge in [0.2, 0.25) is 0 Å². The molecule has 1 aliphatic heterocycles. The molecule has 1 heterocycles. The van der Waals surface area contributed by atoms with Gasteiger partial charge in [0.1, 0.15) is 0 Å². The van der Waals surface area contributed by atoms with Gasteiger partial charge in [-0.2, -0.15) is 0 Å². The van der Waals surface area contributed by atoms with Crippen molar-refractivity contribution in [3.63, 3.8) is 0 Å². The molecule has 0 radical (unpaired) electrons. The second-order valence-corrected chi connectivity index (χ2v) is 8.63. The molecule has 154 valence electrons. The third-order valence-electron chi connectivity index (χ3n) is 6.67. The summed E-state index contributed by atoms with van der Waals surface area (Å²) >= 11 is 0. The van der Waals surface area contributed by atoms with Gasteiger partial charge in [0.05, 0.1) is 18.7 Å². The number of carbonyl (C=O) groups excluding carboxylic acids is 2. The van der Waals surface area contributed by atoms with Gasteiger partial charge < -0.3 is 10.4 Å². The van der Waals surface area contributed by atoms with Crippen molar-refractivity contribution in [3.8, 4) is 0 Å². The summed E-state index contributed by atoms with van der Waals surface area (Å²) in [5, 5.41) is 16.2. The fraction of sp³-hybridized carbons (Fsp3) is 0.500. The lowest BCUT2D eigenvalue weighted by Crippen LogP contribution is -2.63. The molecule has 0 bridgehead atoms. The first kappa shape index (κ1) is 20.0. The van der Waals surface area contributed by atoms with Crippen molar-refractivity contribution in [2.45, 2.75) is 63.6 Å². The first-order valence-corrected chi connectivity index (χ1v) is 11.0. The lowest BCUT2D eigenvalue weighted by Gasteiger charge is -2.35. The zero-order valence-electron chi connectivity index (χ0n) is 17.0. The standard InChI is InChI=1S/C24H30N2O3/c27-22(25-21-11-3-1-2-4-12-21)24(29)26(15-7-8-16-26)23(28)20-14-13-18-9-5-6-10-19(18)17-20/h5-6,9-10,13-14,17,21,24,29H,1-4,7-8,11-12,15-16H2/p+1. The molecule has 0 aromatic heterocycles. The van der Waals surface area contributed by atoms with Crippen LogP contribution in [0.4, 0.5) is 0 Å². The molecule has 1 aliphatic carbocycles. The zero-order chi connectivity index (χ0) is 20.3. The van der Waals surface area contributed by atoms with Crippen molar-refractivity contribution >= 4 is 22.6 Å².